The van der Waals surface area contributed by atoms with Crippen LogP contribution in [0, 0.1) is 0 Å². The number of hydrogen-bond acceptors (Lipinski definition) is 0. The largest absolute Gasteiger partial charge is 3.00 e. The van der Waals surface area contributed by atoms with Crippen molar-refractivity contribution in [3.05, 3.63) is 0 Å². The summed E-state index contributed by atoms with van der Waals surface area (Å²) in [4.78, 5) is 0. The molecule has 8 heavy (non-hydrogen) atoms. The van der Waals surface area contributed by atoms with Crippen LogP contribution in [0.25, 0.3) is 0 Å². The monoisotopic (exact) mass is 356 g/mol. The molecule has 0 aliphatic rings. The predicted molar refractivity (Wildman–Crippen MR) is 47.2 cm³/mol. The van der Waals surface area contributed by atoms with E-state index in [-0.39, 0.29) is 108 Å². The summed E-state index contributed by atoms with van der Waals surface area (Å²) in [5, 5.41) is 0. The summed E-state index contributed by atoms with van der Waals surface area (Å²) in [6, 6.07) is 0. The third-order valence-corrected chi connectivity index (χ3v) is 0. The summed E-state index contributed by atoms with van der Waals surface area (Å²) in [7, 11) is 0. The fourth-order valence-corrected chi connectivity index (χ4v) is 0. The van der Waals surface area contributed by atoms with E-state index in [4.69, 9.17) is 0 Å². The van der Waals surface area contributed by atoms with E-state index in [2.05, 4.69) is 0 Å². The molecule has 3 unspecified atom stereocenters. The summed E-state index contributed by atoms with van der Waals surface area (Å²) in [5.74, 6) is 0. The van der Waals surface area contributed by atoms with Gasteiger partial charge in [-0.05, 0) is 0 Å². The maximum Gasteiger partial charge on any atom is 2.00 e. The first-order valence-corrected chi connectivity index (χ1v) is 0. The Hall–Kier alpha value is 4.02. The van der Waals surface area contributed by atoms with Crippen LogP contribution >= 0.6 is 49.5 Å². The molecule has 0 aromatic carbocycles. The summed E-state index contributed by atoms with van der Waals surface area (Å²) in [6.45, 7) is 0. The molecule has 3 atom stereocenters. The second-order valence-corrected chi connectivity index (χ2v) is 0. The SMILES string of the molecule is P.P.P.[P-3].[P-3].[Zn+2].[Zn+2].[Zn+2]. The molecule has 8 heteroatoms. The summed E-state index contributed by atoms with van der Waals surface area (Å²) in [5.41, 5.74) is 0. The van der Waals surface area contributed by atoms with Gasteiger partial charge in [0.05, 0.1) is 0 Å². The average molecular weight is 360 g/mol. The summed E-state index contributed by atoms with van der Waals surface area (Å²) < 4.78 is 0. The number of hydrogen-bond donors (Lipinski definition) is 0. The van der Waals surface area contributed by atoms with Crippen molar-refractivity contribution in [1.29, 1.82) is 0 Å². The van der Waals surface area contributed by atoms with Crippen molar-refractivity contribution in [3.8, 4) is 0 Å². The third kappa shape index (κ3) is 50.4. The van der Waals surface area contributed by atoms with E-state index in [1.165, 1.54) is 0 Å². The zero-order chi connectivity index (χ0) is 0. The Balaban J connectivity index is 0. The van der Waals surface area contributed by atoms with Crippen LogP contribution in [0.15, 0.2) is 0 Å². The Morgan fingerprint density at radius 1 is 0.375 bits per heavy atom. The zero-order valence-electron chi connectivity index (χ0n) is 5.14. The standard InChI is InChI=1S/3H3P.2P.3Zn/h3*1H3;;;;;/q;;;2*-3;3*+2. The molecule has 0 saturated carbocycles. The molecular formula is H9P5Zn3. The van der Waals surface area contributed by atoms with E-state index in [1.807, 2.05) is 0 Å². The molecule has 0 radical (unpaired) electrons. The van der Waals surface area contributed by atoms with Crippen LogP contribution in [0.2, 0.25) is 0 Å². The van der Waals surface area contributed by atoms with Crippen LogP contribution in [0.3, 0.4) is 0 Å². The van der Waals surface area contributed by atoms with E-state index >= 15 is 0 Å². The second kappa shape index (κ2) is 68.5. The third-order valence-electron chi connectivity index (χ3n) is 0. The Kier molecular flexibility index (Phi) is 773. The van der Waals surface area contributed by atoms with Crippen molar-refractivity contribution in [2.45, 2.75) is 0 Å². The maximum absolute atomic E-state index is 0. The molecule has 40 valence electrons. The Morgan fingerprint density at radius 3 is 0.375 bits per heavy atom. The first-order chi connectivity index (χ1) is 0. The van der Waals surface area contributed by atoms with Gasteiger partial charge in [0, 0.05) is 0 Å². The molecule has 0 rings (SSSR count). The molecule has 0 fully saturated rings. The smallest absolute Gasteiger partial charge is 2.00 e. The minimum atomic E-state index is 0. The Bertz CT molecular complexity index is 7.64. The first kappa shape index (κ1) is 90.3. The molecule has 0 aromatic heterocycles. The van der Waals surface area contributed by atoms with Gasteiger partial charge in [-0.15, -0.1) is 0 Å². The van der Waals surface area contributed by atoms with Gasteiger partial charge in [0.15, 0.2) is 0 Å². The molecule has 0 bridgehead atoms. The summed E-state index contributed by atoms with van der Waals surface area (Å²) >= 11 is 0. The minimum Gasteiger partial charge on any atom is -3.00 e. The van der Waals surface area contributed by atoms with Crippen LogP contribution in [0.1, 0.15) is 0 Å². The van der Waals surface area contributed by atoms with E-state index in [0.717, 1.165) is 0 Å². The molecule has 0 spiro atoms. The summed E-state index contributed by atoms with van der Waals surface area (Å²) in [6.07, 6.45) is 0. The fraction of sp³-hybridized carbons (Fsp3) is 0. The fourth-order valence-electron chi connectivity index (χ4n) is 0. The van der Waals surface area contributed by atoms with E-state index in [1.54, 1.807) is 0 Å². The van der Waals surface area contributed by atoms with Gasteiger partial charge in [-0.25, -0.2) is 0 Å². The quantitative estimate of drug-likeness (QED) is 0.457. The van der Waals surface area contributed by atoms with Gasteiger partial charge >= 0.3 is 58.4 Å². The molecule has 0 heterocycles. The van der Waals surface area contributed by atoms with Crippen molar-refractivity contribution >= 4 is 49.5 Å². The zero-order valence-corrected chi connectivity index (χ0v) is 20.1. The van der Waals surface area contributed by atoms with Crippen molar-refractivity contribution < 1.29 is 58.4 Å². The molecule has 0 aromatic rings. The molecular weight excluding hydrogens is 351 g/mol. The van der Waals surface area contributed by atoms with Crippen LogP contribution < -0.4 is 0 Å². The molecule has 0 saturated heterocycles. The Morgan fingerprint density at radius 2 is 0.375 bits per heavy atom. The molecule has 0 aliphatic heterocycles. The first-order valence-electron chi connectivity index (χ1n) is 0. The van der Waals surface area contributed by atoms with Gasteiger partial charge < -0.3 is 19.8 Å². The van der Waals surface area contributed by atoms with Crippen molar-refractivity contribution in [2.24, 2.45) is 0 Å². The van der Waals surface area contributed by atoms with Gasteiger partial charge in [0.25, 0.3) is 0 Å². The minimum absolute atomic E-state index is 0. The van der Waals surface area contributed by atoms with Crippen molar-refractivity contribution in [1.82, 2.24) is 0 Å². The van der Waals surface area contributed by atoms with Gasteiger partial charge in [0.2, 0.25) is 0 Å². The molecule has 0 amide bonds. The van der Waals surface area contributed by atoms with E-state index in [0.29, 0.717) is 0 Å². The Labute approximate surface area is 107 Å². The number of rotatable bonds is 0. The van der Waals surface area contributed by atoms with Crippen LogP contribution in [-0.4, -0.2) is 0 Å². The van der Waals surface area contributed by atoms with Gasteiger partial charge in [-0.3, -0.25) is 0 Å². The predicted octanol–water partition coefficient (Wildman–Crippen LogP) is 1.89. The average Bonchev–Trinajstić information content (AvgIpc) is 0. The molecule has 0 N–H and O–H groups in total. The maximum atomic E-state index is 0. The van der Waals surface area contributed by atoms with E-state index < -0.39 is 0 Å². The van der Waals surface area contributed by atoms with Crippen LogP contribution in [0.4, 0.5) is 0 Å². The molecule has 0 nitrogen and oxygen atoms in total. The van der Waals surface area contributed by atoms with Crippen molar-refractivity contribution in [3.63, 3.8) is 0 Å². The van der Waals surface area contributed by atoms with Gasteiger partial charge in [0.1, 0.15) is 0 Å². The van der Waals surface area contributed by atoms with E-state index in [9.17, 15) is 0 Å². The van der Waals surface area contributed by atoms with Crippen LogP contribution in [-0.2, 0) is 58.4 Å². The molecule has 0 aliphatic carbocycles. The van der Waals surface area contributed by atoms with Crippen LogP contribution in [0.5, 0.6) is 0 Å². The van der Waals surface area contributed by atoms with Crippen molar-refractivity contribution in [2.75, 3.05) is 0 Å². The second-order valence-electron chi connectivity index (χ2n) is 0. The topological polar surface area (TPSA) is 0 Å². The van der Waals surface area contributed by atoms with Gasteiger partial charge in [-0.1, -0.05) is 0 Å². The normalized spacial score (nSPS) is 0. The van der Waals surface area contributed by atoms with Gasteiger partial charge in [-0.2, -0.15) is 29.7 Å².